The molecule has 148 valence electrons. The van der Waals surface area contributed by atoms with Gasteiger partial charge in [0.2, 0.25) is 5.88 Å². The number of aliphatic carboxylic acids is 1. The number of rotatable bonds is 9. The second-order valence-electron chi connectivity index (χ2n) is 7.49. The van der Waals surface area contributed by atoms with Crippen molar-refractivity contribution in [2.45, 2.75) is 51.6 Å². The number of amides is 2. The van der Waals surface area contributed by atoms with Gasteiger partial charge in [-0.05, 0) is 57.1 Å². The van der Waals surface area contributed by atoms with Gasteiger partial charge in [-0.3, -0.25) is 9.69 Å². The van der Waals surface area contributed by atoms with E-state index in [1.165, 1.54) is 12.8 Å². The fourth-order valence-electron chi connectivity index (χ4n) is 3.39. The normalized spacial score (nSPS) is 21.4. The van der Waals surface area contributed by atoms with E-state index in [1.54, 1.807) is 6.20 Å². The maximum absolute atomic E-state index is 12.3. The topological polar surface area (TPSA) is 104 Å². The number of nitrogens with one attached hydrogen (secondary N) is 2. The van der Waals surface area contributed by atoms with Crippen LogP contribution in [-0.4, -0.2) is 58.8 Å². The highest BCUT2D eigenvalue weighted by atomic mass is 16.5. The van der Waals surface area contributed by atoms with Crippen LogP contribution in [0.3, 0.4) is 0 Å². The summed E-state index contributed by atoms with van der Waals surface area (Å²) in [6.45, 7) is 5.16. The molecule has 0 atom stereocenters. The summed E-state index contributed by atoms with van der Waals surface area (Å²) >= 11 is 0. The van der Waals surface area contributed by atoms with Crippen LogP contribution in [0.1, 0.15) is 38.2 Å². The molecule has 27 heavy (non-hydrogen) atoms. The van der Waals surface area contributed by atoms with Gasteiger partial charge in [-0.25, -0.2) is 9.78 Å². The minimum Gasteiger partial charge on any atom is -0.480 e. The Hall–Kier alpha value is -2.35. The van der Waals surface area contributed by atoms with Crippen molar-refractivity contribution in [3.05, 3.63) is 17.8 Å². The Morgan fingerprint density at radius 1 is 1.37 bits per heavy atom. The van der Waals surface area contributed by atoms with Gasteiger partial charge in [0.05, 0.1) is 13.2 Å². The molecule has 1 aromatic rings. The van der Waals surface area contributed by atoms with Crippen LogP contribution in [0, 0.1) is 12.8 Å². The van der Waals surface area contributed by atoms with E-state index in [1.807, 2.05) is 24.8 Å². The Morgan fingerprint density at radius 2 is 2.11 bits per heavy atom. The molecule has 0 radical (unpaired) electrons. The van der Waals surface area contributed by atoms with Crippen molar-refractivity contribution in [3.63, 3.8) is 0 Å². The molecule has 3 N–H and O–H groups in total. The molecule has 0 saturated heterocycles. The molecule has 0 aliphatic heterocycles. The standard InChI is InChI=1S/C19H28N4O4/c1-3-27-18-16(6-12(2)9-20-18)22-19(26)21-14-7-15(8-14)23(11-17(24)25)10-13-4-5-13/h6,9,13-15H,3-5,7-8,10-11H2,1-2H3,(H,24,25)(H2,21,22,26). The van der Waals surface area contributed by atoms with E-state index < -0.39 is 5.97 Å². The van der Waals surface area contributed by atoms with Gasteiger partial charge in [0.15, 0.2) is 0 Å². The first-order valence-corrected chi connectivity index (χ1v) is 9.57. The Kier molecular flexibility index (Phi) is 6.15. The van der Waals surface area contributed by atoms with Crippen molar-refractivity contribution in [3.8, 4) is 5.88 Å². The van der Waals surface area contributed by atoms with Crippen LogP contribution >= 0.6 is 0 Å². The fraction of sp³-hybridized carbons (Fsp3) is 0.632. The van der Waals surface area contributed by atoms with E-state index in [0.29, 0.717) is 24.1 Å². The number of urea groups is 1. The first-order valence-electron chi connectivity index (χ1n) is 9.57. The molecule has 2 aliphatic rings. The highest BCUT2D eigenvalue weighted by Gasteiger charge is 2.37. The zero-order valence-electron chi connectivity index (χ0n) is 15.9. The lowest BCUT2D eigenvalue weighted by Gasteiger charge is -2.42. The molecule has 2 amide bonds. The van der Waals surface area contributed by atoms with Crippen molar-refractivity contribution in [2.75, 3.05) is 25.0 Å². The Bertz CT molecular complexity index is 686. The summed E-state index contributed by atoms with van der Waals surface area (Å²) < 4.78 is 5.45. The zero-order chi connectivity index (χ0) is 19.4. The number of carboxylic acids is 1. The number of pyridine rings is 1. The number of carboxylic acid groups (broad SMARTS) is 1. The predicted molar refractivity (Wildman–Crippen MR) is 101 cm³/mol. The van der Waals surface area contributed by atoms with Gasteiger partial charge >= 0.3 is 12.0 Å². The molecule has 0 aromatic carbocycles. The van der Waals surface area contributed by atoms with E-state index in [9.17, 15) is 9.59 Å². The minimum absolute atomic E-state index is 0.0545. The van der Waals surface area contributed by atoms with Gasteiger partial charge in [-0.2, -0.15) is 0 Å². The van der Waals surface area contributed by atoms with Gasteiger partial charge < -0.3 is 20.5 Å². The van der Waals surface area contributed by atoms with Crippen LogP contribution in [0.25, 0.3) is 0 Å². The average molecular weight is 376 g/mol. The molecular formula is C19H28N4O4. The van der Waals surface area contributed by atoms with Crippen LogP contribution in [0.2, 0.25) is 0 Å². The Morgan fingerprint density at radius 3 is 2.74 bits per heavy atom. The lowest BCUT2D eigenvalue weighted by atomic mass is 9.85. The number of nitrogens with zero attached hydrogens (tertiary/aromatic N) is 2. The third-order valence-corrected chi connectivity index (χ3v) is 5.01. The predicted octanol–water partition coefficient (Wildman–Crippen LogP) is 2.24. The quantitative estimate of drug-likeness (QED) is 0.611. The molecule has 8 heteroatoms. The maximum Gasteiger partial charge on any atom is 0.319 e. The summed E-state index contributed by atoms with van der Waals surface area (Å²) in [5, 5.41) is 14.9. The SMILES string of the molecule is CCOc1ncc(C)cc1NC(=O)NC1CC(N(CC(=O)O)CC2CC2)C1. The van der Waals surface area contributed by atoms with Crippen molar-refractivity contribution in [1.29, 1.82) is 0 Å². The van der Waals surface area contributed by atoms with E-state index >= 15 is 0 Å². The van der Waals surface area contributed by atoms with Gasteiger partial charge in [-0.15, -0.1) is 0 Å². The first-order chi connectivity index (χ1) is 12.9. The summed E-state index contributed by atoms with van der Waals surface area (Å²) in [7, 11) is 0. The number of carbonyl (C=O) groups excluding carboxylic acids is 1. The van der Waals surface area contributed by atoms with Crippen LogP contribution in [-0.2, 0) is 4.79 Å². The van der Waals surface area contributed by atoms with Crippen molar-refractivity contribution in [1.82, 2.24) is 15.2 Å². The smallest absolute Gasteiger partial charge is 0.319 e. The van der Waals surface area contributed by atoms with Crippen molar-refractivity contribution >= 4 is 17.7 Å². The second kappa shape index (κ2) is 8.56. The largest absolute Gasteiger partial charge is 0.480 e. The van der Waals surface area contributed by atoms with E-state index in [-0.39, 0.29) is 24.7 Å². The number of aromatic nitrogens is 1. The Labute approximate surface area is 159 Å². The van der Waals surface area contributed by atoms with E-state index in [0.717, 1.165) is 24.9 Å². The summed E-state index contributed by atoms with van der Waals surface area (Å²) in [5.74, 6) is 0.257. The number of aryl methyl sites for hydroxylation is 1. The van der Waals surface area contributed by atoms with Gasteiger partial charge in [0.25, 0.3) is 0 Å². The monoisotopic (exact) mass is 376 g/mol. The van der Waals surface area contributed by atoms with Gasteiger partial charge in [0, 0.05) is 24.8 Å². The van der Waals surface area contributed by atoms with E-state index in [4.69, 9.17) is 9.84 Å². The second-order valence-corrected chi connectivity index (χ2v) is 7.49. The Balaban J connectivity index is 1.48. The van der Waals surface area contributed by atoms with Gasteiger partial charge in [-0.1, -0.05) is 0 Å². The molecule has 2 saturated carbocycles. The molecule has 1 aromatic heterocycles. The summed E-state index contributed by atoms with van der Waals surface area (Å²) in [6.07, 6.45) is 5.64. The molecule has 0 unspecified atom stereocenters. The molecule has 1 heterocycles. The average Bonchev–Trinajstić information content (AvgIpc) is 3.36. The van der Waals surface area contributed by atoms with Gasteiger partial charge in [0.1, 0.15) is 5.69 Å². The molecule has 8 nitrogen and oxygen atoms in total. The lowest BCUT2D eigenvalue weighted by Crippen LogP contribution is -2.55. The molecule has 2 fully saturated rings. The van der Waals surface area contributed by atoms with Crippen LogP contribution in [0.15, 0.2) is 12.3 Å². The molecule has 0 bridgehead atoms. The molecular weight excluding hydrogens is 348 g/mol. The number of hydrogen-bond acceptors (Lipinski definition) is 5. The van der Waals surface area contributed by atoms with Crippen LogP contribution in [0.4, 0.5) is 10.5 Å². The summed E-state index contributed by atoms with van der Waals surface area (Å²) in [4.78, 5) is 29.7. The maximum atomic E-state index is 12.3. The molecule has 3 rings (SSSR count). The highest BCUT2D eigenvalue weighted by molar-refractivity contribution is 5.90. The fourth-order valence-corrected chi connectivity index (χ4v) is 3.39. The lowest BCUT2D eigenvalue weighted by molar-refractivity contribution is -0.139. The van der Waals surface area contributed by atoms with Crippen LogP contribution < -0.4 is 15.4 Å². The number of carbonyl (C=O) groups is 2. The summed E-state index contributed by atoms with van der Waals surface area (Å²) in [6, 6.07) is 1.81. The van der Waals surface area contributed by atoms with E-state index in [2.05, 4.69) is 15.6 Å². The number of hydrogen-bond donors (Lipinski definition) is 3. The van der Waals surface area contributed by atoms with Crippen molar-refractivity contribution < 1.29 is 19.4 Å². The number of anilines is 1. The molecule has 0 spiro atoms. The third-order valence-electron chi connectivity index (χ3n) is 5.01. The summed E-state index contributed by atoms with van der Waals surface area (Å²) in [5.41, 5.74) is 1.48. The highest BCUT2D eigenvalue weighted by Crippen LogP contribution is 2.33. The van der Waals surface area contributed by atoms with Crippen LogP contribution in [0.5, 0.6) is 5.88 Å². The number of ether oxygens (including phenoxy) is 1. The van der Waals surface area contributed by atoms with Crippen molar-refractivity contribution in [2.24, 2.45) is 5.92 Å². The first kappa shape index (κ1) is 19.4. The molecule has 2 aliphatic carbocycles. The third kappa shape index (κ3) is 5.56. The zero-order valence-corrected chi connectivity index (χ0v) is 15.9. The minimum atomic E-state index is -0.791.